The van der Waals surface area contributed by atoms with Crippen molar-refractivity contribution in [2.75, 3.05) is 0 Å². The molecule has 64 heavy (non-hydrogen) atoms. The highest BCUT2D eigenvalue weighted by molar-refractivity contribution is 6.40. The van der Waals surface area contributed by atoms with Gasteiger partial charge in [-0.1, -0.05) is 194 Å². The molecule has 0 fully saturated rings. The quantitative estimate of drug-likeness (QED) is 0.123. The van der Waals surface area contributed by atoms with E-state index in [2.05, 4.69) is 218 Å². The van der Waals surface area contributed by atoms with Gasteiger partial charge in [0.05, 0.1) is 0 Å². The van der Waals surface area contributed by atoms with Crippen LogP contribution in [0.1, 0.15) is 22.3 Å². The molecule has 0 nitrogen and oxygen atoms in total. The molecule has 0 unspecified atom stereocenters. The van der Waals surface area contributed by atoms with E-state index in [-0.39, 0.29) is 0 Å². The number of rotatable bonds is 4. The first-order valence-corrected chi connectivity index (χ1v) is 22.4. The van der Waals surface area contributed by atoms with E-state index >= 15 is 0 Å². The first kappa shape index (κ1) is 34.3. The minimum atomic E-state index is 1.26. The third-order valence-electron chi connectivity index (χ3n) is 14.7. The Kier molecular flexibility index (Phi) is 6.77. The Labute approximate surface area is 369 Å². The summed E-state index contributed by atoms with van der Waals surface area (Å²) >= 11 is 0. The Bertz CT molecular complexity index is 3720. The number of benzene rings is 13. The van der Waals surface area contributed by atoms with Crippen LogP contribution in [-0.2, 0) is 0 Å². The molecule has 0 saturated carbocycles. The summed E-state index contributed by atoms with van der Waals surface area (Å²) < 4.78 is 0. The lowest BCUT2D eigenvalue weighted by Crippen LogP contribution is -1.97. The maximum absolute atomic E-state index is 2.55. The highest BCUT2D eigenvalue weighted by atomic mass is 14.3. The zero-order valence-electron chi connectivity index (χ0n) is 34.8. The third kappa shape index (κ3) is 4.51. The van der Waals surface area contributed by atoms with E-state index in [9.17, 15) is 0 Å². The van der Waals surface area contributed by atoms with Crippen molar-refractivity contribution < 1.29 is 0 Å². The summed E-state index contributed by atoms with van der Waals surface area (Å²) in [6, 6.07) is 72.9. The average Bonchev–Trinajstić information content (AvgIpc) is 4.02. The molecule has 0 N–H and O–H groups in total. The summed E-state index contributed by atoms with van der Waals surface area (Å²) in [6.07, 6.45) is 9.62. The molecule has 0 heteroatoms. The van der Waals surface area contributed by atoms with Crippen molar-refractivity contribution >= 4 is 110 Å². The Morgan fingerprint density at radius 1 is 0.172 bits per heavy atom. The van der Waals surface area contributed by atoms with Gasteiger partial charge in [0, 0.05) is 0 Å². The second kappa shape index (κ2) is 12.6. The predicted octanol–water partition coefficient (Wildman–Crippen LogP) is 18.0. The van der Waals surface area contributed by atoms with Crippen LogP contribution in [-0.4, -0.2) is 0 Å². The molecule has 0 spiro atoms. The van der Waals surface area contributed by atoms with E-state index in [4.69, 9.17) is 0 Å². The molecule has 13 aromatic carbocycles. The van der Waals surface area contributed by atoms with Gasteiger partial charge in [0.1, 0.15) is 0 Å². The fourth-order valence-electron chi connectivity index (χ4n) is 12.0. The lowest BCUT2D eigenvalue weighted by Gasteiger charge is -2.24. The summed E-state index contributed by atoms with van der Waals surface area (Å²) in [6.45, 7) is 0. The van der Waals surface area contributed by atoms with Crippen LogP contribution in [0, 0.1) is 0 Å². The van der Waals surface area contributed by atoms with Gasteiger partial charge in [0.2, 0.25) is 0 Å². The van der Waals surface area contributed by atoms with Crippen LogP contribution in [0.25, 0.3) is 155 Å². The van der Waals surface area contributed by atoms with Crippen molar-refractivity contribution in [3.63, 3.8) is 0 Å². The smallest absolute Gasteiger partial charge is 0.00134 e. The monoisotopic (exact) mass is 804 g/mol. The van der Waals surface area contributed by atoms with Gasteiger partial charge < -0.3 is 0 Å². The Morgan fingerprint density at radius 2 is 0.406 bits per heavy atom. The molecular weight excluding hydrogens is 769 g/mol. The molecule has 0 heterocycles. The van der Waals surface area contributed by atoms with E-state index in [1.807, 2.05) is 0 Å². The van der Waals surface area contributed by atoms with Crippen molar-refractivity contribution in [2.45, 2.75) is 0 Å². The van der Waals surface area contributed by atoms with Gasteiger partial charge in [-0.05, 0) is 177 Å². The van der Waals surface area contributed by atoms with Crippen LogP contribution in [0.4, 0.5) is 0 Å². The lowest BCUT2D eigenvalue weighted by molar-refractivity contribution is 1.65. The Balaban J connectivity index is 1.19. The van der Waals surface area contributed by atoms with Crippen LogP contribution in [0.5, 0.6) is 0 Å². The molecule has 15 rings (SSSR count). The molecule has 0 amide bonds. The summed E-state index contributed by atoms with van der Waals surface area (Å²) in [5.41, 5.74) is 15.4. The zero-order valence-corrected chi connectivity index (χ0v) is 34.8. The molecular formula is C64H36. The van der Waals surface area contributed by atoms with Crippen molar-refractivity contribution in [3.8, 4) is 44.5 Å². The van der Waals surface area contributed by atoms with Gasteiger partial charge in [-0.2, -0.15) is 0 Å². The van der Waals surface area contributed by atoms with E-state index in [1.165, 1.54) is 153 Å². The summed E-state index contributed by atoms with van der Waals surface area (Å²) in [5, 5.41) is 20.7. The molecule has 0 radical (unpaired) electrons. The Hall–Kier alpha value is -8.32. The van der Waals surface area contributed by atoms with Crippen molar-refractivity contribution in [1.82, 2.24) is 0 Å². The maximum atomic E-state index is 2.55. The van der Waals surface area contributed by atoms with Gasteiger partial charge in [0.15, 0.2) is 0 Å². The highest BCUT2D eigenvalue weighted by Gasteiger charge is 2.29. The second-order valence-electron chi connectivity index (χ2n) is 17.8. The van der Waals surface area contributed by atoms with Crippen molar-refractivity contribution in [2.24, 2.45) is 0 Å². The minimum absolute atomic E-state index is 1.26. The third-order valence-corrected chi connectivity index (χ3v) is 14.7. The molecule has 13 aromatic rings. The Morgan fingerprint density at radius 3 is 0.672 bits per heavy atom. The van der Waals surface area contributed by atoms with Gasteiger partial charge in [0.25, 0.3) is 0 Å². The van der Waals surface area contributed by atoms with E-state index < -0.39 is 0 Å². The molecule has 292 valence electrons. The maximum Gasteiger partial charge on any atom is -0.00134 e. The average molecular weight is 805 g/mol. The van der Waals surface area contributed by atoms with E-state index in [1.54, 1.807) is 0 Å². The minimum Gasteiger partial charge on any atom is -0.0616 e. The van der Waals surface area contributed by atoms with Crippen molar-refractivity contribution in [3.05, 3.63) is 216 Å². The highest BCUT2D eigenvalue weighted by Crippen LogP contribution is 2.55. The predicted molar refractivity (Wildman–Crippen MR) is 277 cm³/mol. The van der Waals surface area contributed by atoms with Crippen LogP contribution >= 0.6 is 0 Å². The molecule has 0 aliphatic heterocycles. The van der Waals surface area contributed by atoms with Gasteiger partial charge in [-0.3, -0.25) is 0 Å². The lowest BCUT2D eigenvalue weighted by atomic mass is 9.79. The topological polar surface area (TPSA) is 0 Å². The standard InChI is InChI=1S/C64H36/c1-5-21-41-37(13-1)17-9-25-45(41)53-33-57-58-34-55(47-27-11-19-39-15-3-7-23-43(39)47)51-31-32-52-56(48-28-12-20-40-16-4-8-24-44(40)48)36-60(64(58)62(51)52)59-35-54(50-30-29-49(53)61(50)63(57)59)46-26-10-18-38-14-2-6-22-42(38)46/h1-36H. The SMILES string of the molecule is C1=Cc2c(-c3cccc4ccccc34)cc3c4cc(-c5cccc6ccccc56)c5c6c(c(-c7cccc8ccccc78)cc(c7cc(-c8cccc9ccccc89)c1c2c73)c64)C=C5. The fraction of sp³-hybridized carbons (Fsp3) is 0. The fourth-order valence-corrected chi connectivity index (χ4v) is 12.0. The van der Waals surface area contributed by atoms with E-state index in [0.29, 0.717) is 0 Å². The summed E-state index contributed by atoms with van der Waals surface area (Å²) in [4.78, 5) is 0. The van der Waals surface area contributed by atoms with Gasteiger partial charge in [-0.25, -0.2) is 0 Å². The first-order chi connectivity index (χ1) is 31.8. The van der Waals surface area contributed by atoms with Crippen LogP contribution in [0.3, 0.4) is 0 Å². The number of hydrogen-bond acceptors (Lipinski definition) is 0. The normalized spacial score (nSPS) is 12.9. The molecule has 0 aromatic heterocycles. The van der Waals surface area contributed by atoms with Crippen molar-refractivity contribution in [1.29, 1.82) is 0 Å². The molecule has 0 bridgehead atoms. The van der Waals surface area contributed by atoms with Gasteiger partial charge >= 0.3 is 0 Å². The van der Waals surface area contributed by atoms with Crippen LogP contribution in [0.2, 0.25) is 0 Å². The first-order valence-electron chi connectivity index (χ1n) is 22.4. The van der Waals surface area contributed by atoms with E-state index in [0.717, 1.165) is 0 Å². The summed E-state index contributed by atoms with van der Waals surface area (Å²) in [5.74, 6) is 0. The molecule has 2 aliphatic rings. The molecule has 0 saturated heterocycles. The zero-order chi connectivity index (χ0) is 41.6. The van der Waals surface area contributed by atoms with Crippen LogP contribution in [0.15, 0.2) is 194 Å². The largest absolute Gasteiger partial charge is 0.0616 e. The second-order valence-corrected chi connectivity index (χ2v) is 17.8. The number of hydrogen-bond donors (Lipinski definition) is 0. The van der Waals surface area contributed by atoms with Crippen LogP contribution < -0.4 is 0 Å². The van der Waals surface area contributed by atoms with Gasteiger partial charge in [-0.15, -0.1) is 0 Å². The number of fused-ring (bicyclic) bond motifs is 6. The molecule has 2 aliphatic carbocycles. The molecule has 0 atom stereocenters. The summed E-state index contributed by atoms with van der Waals surface area (Å²) in [7, 11) is 0.